The Hall–Kier alpha value is -1.59. The van der Waals surface area contributed by atoms with Gasteiger partial charge in [0.15, 0.2) is 0 Å². The number of amides is 1. The Balaban J connectivity index is 1.48. The molecule has 1 unspecified atom stereocenters. The molecule has 2 fully saturated rings. The Bertz CT molecular complexity index is 484. The lowest BCUT2D eigenvalue weighted by Gasteiger charge is -2.38. The van der Waals surface area contributed by atoms with Crippen LogP contribution in [0.4, 0.5) is 4.79 Å². The number of aliphatic hydroxyl groups is 1. The van der Waals surface area contributed by atoms with Gasteiger partial charge >= 0.3 is 6.09 Å². The van der Waals surface area contributed by atoms with E-state index < -0.39 is 5.60 Å². The summed E-state index contributed by atoms with van der Waals surface area (Å²) in [5, 5.41) is 13.4. The van der Waals surface area contributed by atoms with Gasteiger partial charge in [0.05, 0.1) is 12.1 Å². The van der Waals surface area contributed by atoms with Crippen molar-refractivity contribution in [1.82, 2.24) is 10.2 Å². The first kappa shape index (κ1) is 14.4. The number of carbonyl (C=O) groups is 1. The van der Waals surface area contributed by atoms with E-state index in [0.29, 0.717) is 6.54 Å². The Morgan fingerprint density at radius 2 is 2.00 bits per heavy atom. The van der Waals surface area contributed by atoms with Gasteiger partial charge in [-0.25, -0.2) is 4.79 Å². The number of carbonyl (C=O) groups excluding carboxylic acids is 1. The molecule has 5 nitrogen and oxygen atoms in total. The molecule has 3 rings (SSSR count). The van der Waals surface area contributed by atoms with Gasteiger partial charge in [0, 0.05) is 19.6 Å². The number of hydrogen-bond donors (Lipinski definition) is 2. The highest BCUT2D eigenvalue weighted by Gasteiger charge is 2.34. The Morgan fingerprint density at radius 1 is 1.29 bits per heavy atom. The van der Waals surface area contributed by atoms with Crippen LogP contribution in [0.25, 0.3) is 0 Å². The monoisotopic (exact) mass is 290 g/mol. The van der Waals surface area contributed by atoms with Crippen molar-refractivity contribution in [2.24, 2.45) is 0 Å². The molecule has 1 atom stereocenters. The summed E-state index contributed by atoms with van der Waals surface area (Å²) in [6, 6.07) is 9.92. The molecular formula is C16H22N2O3. The fraction of sp³-hybridized carbons (Fsp3) is 0.562. The van der Waals surface area contributed by atoms with Crippen molar-refractivity contribution in [1.29, 1.82) is 0 Å². The minimum atomic E-state index is -0.695. The van der Waals surface area contributed by atoms with Gasteiger partial charge in [0.2, 0.25) is 0 Å². The van der Waals surface area contributed by atoms with Crippen LogP contribution in [0.5, 0.6) is 0 Å². The fourth-order valence-corrected chi connectivity index (χ4v) is 3.10. The maximum Gasteiger partial charge on any atom is 0.407 e. The summed E-state index contributed by atoms with van der Waals surface area (Å²) in [7, 11) is 0. The first-order valence-corrected chi connectivity index (χ1v) is 7.60. The molecule has 0 spiro atoms. The molecule has 21 heavy (non-hydrogen) atoms. The molecule has 2 N–H and O–H groups in total. The molecule has 0 bridgehead atoms. The van der Waals surface area contributed by atoms with E-state index in [0.717, 1.165) is 44.5 Å². The molecule has 114 valence electrons. The molecule has 2 saturated heterocycles. The minimum Gasteiger partial charge on any atom is -0.444 e. The molecule has 0 radical (unpaired) electrons. The molecule has 5 heteroatoms. The van der Waals surface area contributed by atoms with E-state index in [9.17, 15) is 9.90 Å². The largest absolute Gasteiger partial charge is 0.444 e. The number of rotatable bonds is 4. The van der Waals surface area contributed by atoms with E-state index in [1.807, 2.05) is 30.3 Å². The van der Waals surface area contributed by atoms with Crippen LogP contribution < -0.4 is 5.32 Å². The van der Waals surface area contributed by atoms with Crippen molar-refractivity contribution in [2.45, 2.75) is 31.0 Å². The predicted octanol–water partition coefficient (Wildman–Crippen LogP) is 1.47. The van der Waals surface area contributed by atoms with Crippen LogP contribution in [-0.2, 0) is 10.3 Å². The lowest BCUT2D eigenvalue weighted by Crippen LogP contribution is -2.43. The van der Waals surface area contributed by atoms with E-state index >= 15 is 0 Å². The number of piperidine rings is 1. The molecule has 2 heterocycles. The number of likely N-dealkylation sites (tertiary alicyclic amines) is 1. The number of ether oxygens (including phenoxy) is 1. The topological polar surface area (TPSA) is 61.8 Å². The van der Waals surface area contributed by atoms with Gasteiger partial charge in [-0.15, -0.1) is 0 Å². The second kappa shape index (κ2) is 6.03. The van der Waals surface area contributed by atoms with E-state index in [4.69, 9.17) is 4.74 Å². The quantitative estimate of drug-likeness (QED) is 0.881. The second-order valence-corrected chi connectivity index (χ2v) is 5.94. The van der Waals surface area contributed by atoms with Crippen LogP contribution in [-0.4, -0.2) is 48.4 Å². The minimum absolute atomic E-state index is 0.00701. The molecule has 0 saturated carbocycles. The summed E-state index contributed by atoms with van der Waals surface area (Å²) in [5.74, 6) is 0. The van der Waals surface area contributed by atoms with Gasteiger partial charge in [0.1, 0.15) is 6.10 Å². The van der Waals surface area contributed by atoms with Crippen molar-refractivity contribution in [2.75, 3.05) is 26.2 Å². The van der Waals surface area contributed by atoms with Crippen LogP contribution in [0.15, 0.2) is 30.3 Å². The first-order chi connectivity index (χ1) is 10.2. The summed E-state index contributed by atoms with van der Waals surface area (Å²) in [5.41, 5.74) is 0.317. The number of nitrogens with one attached hydrogen (secondary N) is 1. The van der Waals surface area contributed by atoms with Gasteiger partial charge in [0.25, 0.3) is 0 Å². The zero-order valence-electron chi connectivity index (χ0n) is 12.1. The van der Waals surface area contributed by atoms with Crippen LogP contribution in [0.2, 0.25) is 0 Å². The average Bonchev–Trinajstić information content (AvgIpc) is 2.93. The number of hydrogen-bond acceptors (Lipinski definition) is 4. The zero-order chi connectivity index (χ0) is 14.7. The molecule has 1 amide bonds. The Kier molecular flexibility index (Phi) is 4.12. The molecular weight excluding hydrogens is 268 g/mol. The van der Waals surface area contributed by atoms with Crippen molar-refractivity contribution in [3.63, 3.8) is 0 Å². The summed E-state index contributed by atoms with van der Waals surface area (Å²) >= 11 is 0. The van der Waals surface area contributed by atoms with Crippen LogP contribution in [0, 0.1) is 0 Å². The SMILES string of the molecule is O=C1NCC(CCN2CCC(O)(c3ccccc3)CC2)O1. The lowest BCUT2D eigenvalue weighted by atomic mass is 9.84. The van der Waals surface area contributed by atoms with Gasteiger partial charge in [-0.05, 0) is 24.8 Å². The normalized spacial score (nSPS) is 25.4. The third kappa shape index (κ3) is 3.36. The average molecular weight is 290 g/mol. The molecule has 2 aliphatic heterocycles. The fourth-order valence-electron chi connectivity index (χ4n) is 3.10. The highest BCUT2D eigenvalue weighted by atomic mass is 16.6. The Morgan fingerprint density at radius 3 is 2.62 bits per heavy atom. The summed E-state index contributed by atoms with van der Waals surface area (Å²) < 4.78 is 5.14. The number of benzene rings is 1. The van der Waals surface area contributed by atoms with Gasteiger partial charge in [-0.3, -0.25) is 0 Å². The summed E-state index contributed by atoms with van der Waals surface area (Å²) in [6.45, 7) is 3.27. The second-order valence-electron chi connectivity index (χ2n) is 5.94. The van der Waals surface area contributed by atoms with E-state index in [2.05, 4.69) is 10.2 Å². The number of alkyl carbamates (subject to hydrolysis) is 1. The maximum atomic E-state index is 11.0. The number of cyclic esters (lactones) is 1. The Labute approximate surface area is 124 Å². The summed E-state index contributed by atoms with van der Waals surface area (Å²) in [4.78, 5) is 13.3. The number of nitrogens with zero attached hydrogens (tertiary/aromatic N) is 1. The predicted molar refractivity (Wildman–Crippen MR) is 78.9 cm³/mol. The van der Waals surface area contributed by atoms with E-state index in [1.54, 1.807) is 0 Å². The lowest BCUT2D eigenvalue weighted by molar-refractivity contribution is -0.0275. The van der Waals surface area contributed by atoms with Gasteiger partial charge in [-0.2, -0.15) is 0 Å². The van der Waals surface area contributed by atoms with Gasteiger partial charge in [-0.1, -0.05) is 30.3 Å². The molecule has 0 aliphatic carbocycles. The van der Waals surface area contributed by atoms with E-state index in [1.165, 1.54) is 0 Å². The van der Waals surface area contributed by atoms with Crippen molar-refractivity contribution in [3.05, 3.63) is 35.9 Å². The third-order valence-electron chi connectivity index (χ3n) is 4.51. The van der Waals surface area contributed by atoms with E-state index in [-0.39, 0.29) is 12.2 Å². The molecule has 2 aliphatic rings. The van der Waals surface area contributed by atoms with Crippen molar-refractivity contribution >= 4 is 6.09 Å². The third-order valence-corrected chi connectivity index (χ3v) is 4.51. The van der Waals surface area contributed by atoms with Crippen LogP contribution in [0.3, 0.4) is 0 Å². The van der Waals surface area contributed by atoms with Crippen LogP contribution in [0.1, 0.15) is 24.8 Å². The van der Waals surface area contributed by atoms with Crippen molar-refractivity contribution < 1.29 is 14.6 Å². The molecule has 0 aromatic heterocycles. The smallest absolute Gasteiger partial charge is 0.407 e. The molecule has 1 aromatic rings. The zero-order valence-corrected chi connectivity index (χ0v) is 12.1. The standard InChI is InChI=1S/C16H22N2O3/c19-15-17-12-14(21-15)6-9-18-10-7-16(20,8-11-18)13-4-2-1-3-5-13/h1-5,14,20H,6-12H2,(H,17,19). The molecule has 1 aromatic carbocycles. The van der Waals surface area contributed by atoms with Crippen LogP contribution >= 0.6 is 0 Å². The van der Waals surface area contributed by atoms with Gasteiger partial charge < -0.3 is 20.1 Å². The first-order valence-electron chi connectivity index (χ1n) is 7.60. The maximum absolute atomic E-state index is 11.0. The summed E-state index contributed by atoms with van der Waals surface area (Å²) in [6.07, 6.45) is 2.03. The highest BCUT2D eigenvalue weighted by Crippen LogP contribution is 2.32. The highest BCUT2D eigenvalue weighted by molar-refractivity contribution is 5.69. The van der Waals surface area contributed by atoms with Crippen molar-refractivity contribution in [3.8, 4) is 0 Å².